The minimum atomic E-state index is -0.0498. The lowest BCUT2D eigenvalue weighted by Crippen LogP contribution is -2.46. The van der Waals surface area contributed by atoms with Crippen molar-refractivity contribution in [1.82, 2.24) is 0 Å². The van der Waals surface area contributed by atoms with Crippen LogP contribution in [0.5, 0.6) is 0 Å². The molecular formula is C9H16O. The van der Waals surface area contributed by atoms with Gasteiger partial charge in [0.15, 0.2) is 0 Å². The third-order valence-electron chi connectivity index (χ3n) is 3.49. The average Bonchev–Trinajstić information content (AvgIpc) is 1.54. The summed E-state index contributed by atoms with van der Waals surface area (Å²) in [6, 6.07) is 0. The zero-order valence-electron chi connectivity index (χ0n) is 6.64. The van der Waals surface area contributed by atoms with Gasteiger partial charge in [-0.1, -0.05) is 6.42 Å². The fraction of sp³-hybridized carbons (Fsp3) is 1.00. The van der Waals surface area contributed by atoms with Crippen molar-refractivity contribution in [2.45, 2.75) is 45.1 Å². The van der Waals surface area contributed by atoms with E-state index in [9.17, 15) is 5.11 Å². The van der Waals surface area contributed by atoms with Crippen LogP contribution in [0.3, 0.4) is 0 Å². The molecule has 0 saturated heterocycles. The minimum Gasteiger partial charge on any atom is -0.393 e. The molecular weight excluding hydrogens is 124 g/mol. The average molecular weight is 140 g/mol. The van der Waals surface area contributed by atoms with E-state index in [1.54, 1.807) is 0 Å². The Morgan fingerprint density at radius 2 is 2.00 bits per heavy atom. The van der Waals surface area contributed by atoms with Crippen molar-refractivity contribution in [1.29, 1.82) is 0 Å². The van der Waals surface area contributed by atoms with E-state index in [0.29, 0.717) is 5.92 Å². The Morgan fingerprint density at radius 1 is 1.40 bits per heavy atom. The van der Waals surface area contributed by atoms with Crippen molar-refractivity contribution in [3.63, 3.8) is 0 Å². The lowest BCUT2D eigenvalue weighted by molar-refractivity contribution is -0.0737. The first kappa shape index (κ1) is 6.66. The van der Waals surface area contributed by atoms with E-state index in [4.69, 9.17) is 0 Å². The number of hydrogen-bond donors (Lipinski definition) is 1. The lowest BCUT2D eigenvalue weighted by Gasteiger charge is -2.55. The van der Waals surface area contributed by atoms with Gasteiger partial charge in [0.1, 0.15) is 0 Å². The van der Waals surface area contributed by atoms with Gasteiger partial charge < -0.3 is 5.11 Å². The second-order valence-electron chi connectivity index (χ2n) is 4.26. The molecule has 0 aromatic heterocycles. The van der Waals surface area contributed by atoms with E-state index in [2.05, 4.69) is 0 Å². The summed E-state index contributed by atoms with van der Waals surface area (Å²) >= 11 is 0. The van der Waals surface area contributed by atoms with Gasteiger partial charge in [-0.15, -0.1) is 0 Å². The van der Waals surface area contributed by atoms with Gasteiger partial charge in [-0.3, -0.25) is 0 Å². The second-order valence-corrected chi connectivity index (χ2v) is 4.26. The van der Waals surface area contributed by atoms with E-state index in [1.807, 2.05) is 6.92 Å². The molecule has 1 N–H and O–H groups in total. The molecule has 0 amide bonds. The molecule has 2 saturated carbocycles. The summed E-state index contributed by atoms with van der Waals surface area (Å²) in [6.07, 6.45) is 6.89. The first-order chi connectivity index (χ1) is 4.72. The van der Waals surface area contributed by atoms with Crippen LogP contribution in [0.2, 0.25) is 0 Å². The van der Waals surface area contributed by atoms with Crippen molar-refractivity contribution in [3.05, 3.63) is 0 Å². The summed E-state index contributed by atoms with van der Waals surface area (Å²) in [5.74, 6) is 0.639. The van der Waals surface area contributed by atoms with Crippen LogP contribution in [-0.2, 0) is 0 Å². The zero-order valence-corrected chi connectivity index (χ0v) is 6.64. The van der Waals surface area contributed by atoms with Gasteiger partial charge in [-0.05, 0) is 43.9 Å². The van der Waals surface area contributed by atoms with Crippen LogP contribution >= 0.6 is 0 Å². The third kappa shape index (κ3) is 0.800. The summed E-state index contributed by atoms with van der Waals surface area (Å²) in [4.78, 5) is 0. The molecule has 2 aliphatic carbocycles. The predicted molar refractivity (Wildman–Crippen MR) is 40.7 cm³/mol. The Labute approximate surface area is 62.4 Å². The maximum atomic E-state index is 9.22. The first-order valence-corrected chi connectivity index (χ1v) is 4.40. The Hall–Kier alpha value is -0.0400. The van der Waals surface area contributed by atoms with Gasteiger partial charge in [0, 0.05) is 0 Å². The SMILES string of the molecule is C[C@H](O)C1CC2(CCC2)C1. The molecule has 0 aromatic carbocycles. The third-order valence-corrected chi connectivity index (χ3v) is 3.49. The topological polar surface area (TPSA) is 20.2 Å². The smallest absolute Gasteiger partial charge is 0.0540 e. The number of rotatable bonds is 1. The fourth-order valence-corrected chi connectivity index (χ4v) is 2.48. The summed E-state index contributed by atoms with van der Waals surface area (Å²) in [7, 11) is 0. The Morgan fingerprint density at radius 3 is 2.30 bits per heavy atom. The largest absolute Gasteiger partial charge is 0.393 e. The Kier molecular flexibility index (Phi) is 1.31. The van der Waals surface area contributed by atoms with Gasteiger partial charge in [0.2, 0.25) is 0 Å². The number of aliphatic hydroxyl groups excluding tert-OH is 1. The van der Waals surface area contributed by atoms with Gasteiger partial charge in [0.05, 0.1) is 6.10 Å². The predicted octanol–water partition coefficient (Wildman–Crippen LogP) is 1.95. The molecule has 0 bridgehead atoms. The van der Waals surface area contributed by atoms with Crippen LogP contribution in [0.25, 0.3) is 0 Å². The summed E-state index contributed by atoms with van der Waals surface area (Å²) in [5, 5.41) is 9.22. The number of aliphatic hydroxyl groups is 1. The highest BCUT2D eigenvalue weighted by atomic mass is 16.3. The normalized spacial score (nSPS) is 33.0. The minimum absolute atomic E-state index is 0.0498. The van der Waals surface area contributed by atoms with Crippen LogP contribution in [0.4, 0.5) is 0 Å². The molecule has 0 aromatic rings. The Balaban J connectivity index is 1.82. The van der Waals surface area contributed by atoms with Gasteiger partial charge >= 0.3 is 0 Å². The van der Waals surface area contributed by atoms with E-state index in [0.717, 1.165) is 5.41 Å². The molecule has 58 valence electrons. The van der Waals surface area contributed by atoms with Gasteiger partial charge in [0.25, 0.3) is 0 Å². The molecule has 1 atom stereocenters. The summed E-state index contributed by atoms with van der Waals surface area (Å²) in [5.41, 5.74) is 0.738. The summed E-state index contributed by atoms with van der Waals surface area (Å²) < 4.78 is 0. The van der Waals surface area contributed by atoms with Crippen molar-refractivity contribution < 1.29 is 5.11 Å². The first-order valence-electron chi connectivity index (χ1n) is 4.40. The molecule has 10 heavy (non-hydrogen) atoms. The van der Waals surface area contributed by atoms with E-state index in [1.165, 1.54) is 32.1 Å². The molecule has 0 heterocycles. The maximum absolute atomic E-state index is 9.22. The van der Waals surface area contributed by atoms with Crippen LogP contribution in [0.1, 0.15) is 39.0 Å². The van der Waals surface area contributed by atoms with E-state index < -0.39 is 0 Å². The Bertz CT molecular complexity index is 128. The van der Waals surface area contributed by atoms with Crippen LogP contribution in [0, 0.1) is 11.3 Å². The van der Waals surface area contributed by atoms with Crippen molar-refractivity contribution in [2.24, 2.45) is 11.3 Å². The van der Waals surface area contributed by atoms with Gasteiger partial charge in [-0.2, -0.15) is 0 Å². The molecule has 1 heteroatoms. The quantitative estimate of drug-likeness (QED) is 0.590. The van der Waals surface area contributed by atoms with Crippen molar-refractivity contribution in [2.75, 3.05) is 0 Å². The zero-order chi connectivity index (χ0) is 7.19. The van der Waals surface area contributed by atoms with Crippen molar-refractivity contribution in [3.8, 4) is 0 Å². The molecule has 0 radical (unpaired) electrons. The molecule has 0 aliphatic heterocycles. The van der Waals surface area contributed by atoms with Crippen molar-refractivity contribution >= 4 is 0 Å². The molecule has 2 rings (SSSR count). The van der Waals surface area contributed by atoms with Crippen LogP contribution in [-0.4, -0.2) is 11.2 Å². The van der Waals surface area contributed by atoms with Crippen LogP contribution < -0.4 is 0 Å². The second kappa shape index (κ2) is 1.97. The highest BCUT2D eigenvalue weighted by Crippen LogP contribution is 2.59. The maximum Gasteiger partial charge on any atom is 0.0540 e. The molecule has 2 aliphatic rings. The summed E-state index contributed by atoms with van der Waals surface area (Å²) in [6.45, 7) is 1.93. The van der Waals surface area contributed by atoms with E-state index >= 15 is 0 Å². The monoisotopic (exact) mass is 140 g/mol. The lowest BCUT2D eigenvalue weighted by atomic mass is 9.51. The standard InChI is InChI=1S/C9H16O/c1-7(10)8-5-9(6-8)3-2-4-9/h7-8,10H,2-6H2,1H3/t7-/m0/s1. The molecule has 2 fully saturated rings. The number of hydrogen-bond acceptors (Lipinski definition) is 1. The molecule has 1 spiro atoms. The fourth-order valence-electron chi connectivity index (χ4n) is 2.48. The molecule has 1 nitrogen and oxygen atoms in total. The van der Waals surface area contributed by atoms with E-state index in [-0.39, 0.29) is 6.10 Å². The highest BCUT2D eigenvalue weighted by Gasteiger charge is 2.49. The molecule has 0 unspecified atom stereocenters. The highest BCUT2D eigenvalue weighted by molar-refractivity contribution is 5.00. The van der Waals surface area contributed by atoms with Gasteiger partial charge in [-0.25, -0.2) is 0 Å². The van der Waals surface area contributed by atoms with Crippen LogP contribution in [0.15, 0.2) is 0 Å².